The van der Waals surface area contributed by atoms with Gasteiger partial charge >= 0.3 is 0 Å². The summed E-state index contributed by atoms with van der Waals surface area (Å²) in [6.45, 7) is 0. The molecule has 68 valence electrons. The third-order valence-electron chi connectivity index (χ3n) is 1.34. The molecule has 0 unspecified atom stereocenters. The van der Waals surface area contributed by atoms with Gasteiger partial charge in [-0.3, -0.25) is 0 Å². The van der Waals surface area contributed by atoms with Crippen molar-refractivity contribution < 1.29 is 0 Å². The van der Waals surface area contributed by atoms with Crippen molar-refractivity contribution in [2.45, 2.75) is 35.3 Å². The van der Waals surface area contributed by atoms with Gasteiger partial charge in [-0.05, 0) is 35.2 Å². The molecule has 0 aliphatic rings. The van der Waals surface area contributed by atoms with Crippen molar-refractivity contribution in [2.24, 2.45) is 0 Å². The van der Waals surface area contributed by atoms with Crippen molar-refractivity contribution in [1.29, 1.82) is 0 Å². The van der Waals surface area contributed by atoms with E-state index in [1.54, 1.807) is 0 Å². The second-order valence-electron chi connectivity index (χ2n) is 2.47. The summed E-state index contributed by atoms with van der Waals surface area (Å²) in [4.78, 5) is 0. The predicted octanol–water partition coefficient (Wildman–Crippen LogP) is 4.86. The van der Waals surface area contributed by atoms with E-state index in [4.69, 9.17) is 23.2 Å². The van der Waals surface area contributed by atoms with E-state index in [1.807, 2.05) is 0 Å². The zero-order valence-corrected chi connectivity index (χ0v) is 10.9. The third-order valence-corrected chi connectivity index (χ3v) is 2.68. The molecule has 0 fully saturated rings. The van der Waals surface area contributed by atoms with E-state index in [2.05, 4.69) is 31.9 Å². The molecule has 0 radical (unpaired) electrons. The van der Waals surface area contributed by atoms with Gasteiger partial charge in [-0.2, -0.15) is 0 Å². The lowest BCUT2D eigenvalue weighted by molar-refractivity contribution is 0.647. The van der Waals surface area contributed by atoms with Gasteiger partial charge in [-0.1, -0.05) is 52.0 Å². The molecule has 0 N–H and O–H groups in total. The Morgan fingerprint density at radius 1 is 1.00 bits per heavy atom. The maximum Gasteiger partial charge on any atom is 0.172 e. The average molecular weight is 327 g/mol. The van der Waals surface area contributed by atoms with Crippen LogP contribution in [0.1, 0.15) is 32.1 Å². The number of unbranched alkanes of at least 4 members (excludes halogenated alkanes) is 3. The molecule has 0 atom stereocenters. The normalized spacial score (nSPS) is 12.0. The molecule has 0 amide bonds. The molecule has 0 saturated heterocycles. The standard InChI is InChI=1S/C7H12Br2Cl2/c8-6-4-2-1-3-5-7(9,10)11/h1-6H2. The Morgan fingerprint density at radius 2 is 1.55 bits per heavy atom. The number of hydrogen-bond donors (Lipinski definition) is 0. The van der Waals surface area contributed by atoms with Gasteiger partial charge in [0.15, 0.2) is 3.24 Å². The molecular weight excluding hydrogens is 315 g/mol. The van der Waals surface area contributed by atoms with E-state index in [1.165, 1.54) is 19.3 Å². The largest absolute Gasteiger partial charge is 0.172 e. The highest BCUT2D eigenvalue weighted by Gasteiger charge is 2.17. The average Bonchev–Trinajstić information content (AvgIpc) is 1.85. The summed E-state index contributed by atoms with van der Waals surface area (Å²) in [6, 6.07) is 0. The summed E-state index contributed by atoms with van der Waals surface area (Å²) in [5.74, 6) is 0. The first kappa shape index (κ1) is 12.5. The summed E-state index contributed by atoms with van der Waals surface area (Å²) in [7, 11) is 0. The minimum Gasteiger partial charge on any atom is -0.0928 e. The van der Waals surface area contributed by atoms with Gasteiger partial charge in [0.25, 0.3) is 0 Å². The summed E-state index contributed by atoms with van der Waals surface area (Å²) in [5, 5.41) is 1.09. The van der Waals surface area contributed by atoms with Crippen LogP contribution in [-0.4, -0.2) is 8.57 Å². The second-order valence-corrected chi connectivity index (χ2v) is 7.01. The number of alkyl halides is 4. The molecule has 0 aromatic rings. The molecule has 4 heteroatoms. The lowest BCUT2D eigenvalue weighted by atomic mass is 10.2. The van der Waals surface area contributed by atoms with Gasteiger partial charge in [0.2, 0.25) is 0 Å². The molecule has 0 nitrogen and oxygen atoms in total. The Morgan fingerprint density at radius 3 is 2.00 bits per heavy atom. The second kappa shape index (κ2) is 6.99. The van der Waals surface area contributed by atoms with Crippen molar-refractivity contribution in [3.63, 3.8) is 0 Å². The minimum absolute atomic E-state index is 0.707. The molecule has 0 aromatic heterocycles. The fourth-order valence-corrected chi connectivity index (χ4v) is 1.72. The van der Waals surface area contributed by atoms with E-state index >= 15 is 0 Å². The third kappa shape index (κ3) is 11.5. The van der Waals surface area contributed by atoms with Gasteiger partial charge < -0.3 is 0 Å². The Bertz CT molecular complexity index is 90.9. The Hall–Kier alpha value is 1.54. The van der Waals surface area contributed by atoms with Crippen molar-refractivity contribution in [3.05, 3.63) is 0 Å². The molecule has 0 aliphatic carbocycles. The molecule has 0 bridgehead atoms. The minimum atomic E-state index is -0.707. The van der Waals surface area contributed by atoms with Crippen LogP contribution < -0.4 is 0 Å². The summed E-state index contributed by atoms with van der Waals surface area (Å²) < 4.78 is -0.707. The zero-order chi connectivity index (χ0) is 8.74. The zero-order valence-electron chi connectivity index (χ0n) is 6.25. The SMILES string of the molecule is ClC(Cl)(Br)CCCCCCBr. The smallest absolute Gasteiger partial charge is 0.0928 e. The van der Waals surface area contributed by atoms with Crippen molar-refractivity contribution in [2.75, 3.05) is 5.33 Å². The molecule has 0 heterocycles. The van der Waals surface area contributed by atoms with Crippen molar-refractivity contribution in [1.82, 2.24) is 0 Å². The number of rotatable bonds is 6. The Kier molecular flexibility index (Phi) is 7.97. The molecule has 0 rings (SSSR count). The van der Waals surface area contributed by atoms with Gasteiger partial charge in [0, 0.05) is 5.33 Å². The maximum atomic E-state index is 5.72. The van der Waals surface area contributed by atoms with Crippen LogP contribution in [0.2, 0.25) is 0 Å². The highest BCUT2D eigenvalue weighted by Crippen LogP contribution is 2.34. The van der Waals surface area contributed by atoms with Crippen LogP contribution in [0.3, 0.4) is 0 Å². The molecule has 0 saturated carbocycles. The Balaban J connectivity index is 3.02. The summed E-state index contributed by atoms with van der Waals surface area (Å²) in [5.41, 5.74) is 0. The van der Waals surface area contributed by atoms with Gasteiger partial charge in [0.1, 0.15) is 0 Å². The topological polar surface area (TPSA) is 0 Å². The van der Waals surface area contributed by atoms with Crippen LogP contribution in [-0.2, 0) is 0 Å². The van der Waals surface area contributed by atoms with Gasteiger partial charge in [0.05, 0.1) is 0 Å². The monoisotopic (exact) mass is 324 g/mol. The van der Waals surface area contributed by atoms with Gasteiger partial charge in [-0.15, -0.1) is 0 Å². The van der Waals surface area contributed by atoms with Crippen molar-refractivity contribution in [3.8, 4) is 0 Å². The quantitative estimate of drug-likeness (QED) is 0.483. The first-order chi connectivity index (χ1) is 5.06. The molecule has 0 spiro atoms. The fraction of sp³-hybridized carbons (Fsp3) is 1.00. The highest BCUT2D eigenvalue weighted by molar-refractivity contribution is 9.11. The summed E-state index contributed by atoms with van der Waals surface area (Å²) in [6.07, 6.45) is 5.60. The highest BCUT2D eigenvalue weighted by atomic mass is 79.9. The maximum absolute atomic E-state index is 5.72. The molecular formula is C7H12Br2Cl2. The molecule has 0 aliphatic heterocycles. The predicted molar refractivity (Wildman–Crippen MR) is 60.2 cm³/mol. The van der Waals surface area contributed by atoms with Crippen molar-refractivity contribution >= 4 is 55.1 Å². The van der Waals surface area contributed by atoms with E-state index in [0.29, 0.717) is 0 Å². The van der Waals surface area contributed by atoms with Crippen LogP contribution in [0.5, 0.6) is 0 Å². The van der Waals surface area contributed by atoms with Crippen LogP contribution in [0, 0.1) is 0 Å². The molecule has 0 aromatic carbocycles. The van der Waals surface area contributed by atoms with E-state index in [9.17, 15) is 0 Å². The first-order valence-corrected chi connectivity index (χ1v) is 6.36. The van der Waals surface area contributed by atoms with Crippen LogP contribution >= 0.6 is 55.1 Å². The summed E-state index contributed by atoms with van der Waals surface area (Å²) >= 11 is 18.0. The van der Waals surface area contributed by atoms with Crippen LogP contribution in [0.25, 0.3) is 0 Å². The molecule has 11 heavy (non-hydrogen) atoms. The Labute approximate surface area is 95.3 Å². The van der Waals surface area contributed by atoms with Crippen LogP contribution in [0.15, 0.2) is 0 Å². The van der Waals surface area contributed by atoms with E-state index in [-0.39, 0.29) is 0 Å². The van der Waals surface area contributed by atoms with E-state index < -0.39 is 3.24 Å². The lowest BCUT2D eigenvalue weighted by Gasteiger charge is -2.09. The number of halogens is 4. The van der Waals surface area contributed by atoms with Gasteiger partial charge in [-0.25, -0.2) is 0 Å². The van der Waals surface area contributed by atoms with Crippen LogP contribution in [0.4, 0.5) is 0 Å². The van der Waals surface area contributed by atoms with E-state index in [0.717, 1.165) is 18.2 Å². The number of hydrogen-bond acceptors (Lipinski definition) is 0. The first-order valence-electron chi connectivity index (χ1n) is 3.69. The lowest BCUT2D eigenvalue weighted by Crippen LogP contribution is -1.99. The fourth-order valence-electron chi connectivity index (χ4n) is 0.773.